The molecule has 3 rings (SSSR count). The molecule has 1 atom stereocenters. The monoisotopic (exact) mass is 589 g/mol. The van der Waals surface area contributed by atoms with Crippen LogP contribution in [0.5, 0.6) is 5.75 Å². The molecule has 2 aromatic carbocycles. The average Bonchev–Trinajstić information content (AvgIpc) is 2.91. The third-order valence-corrected chi connectivity index (χ3v) is 6.03. The number of benzene rings is 2. The Labute approximate surface area is 241 Å². The molecule has 1 amide bonds. The topological polar surface area (TPSA) is 128 Å². The molecule has 1 aromatic heterocycles. The summed E-state index contributed by atoms with van der Waals surface area (Å²) in [5, 5.41) is 14.0. The first-order chi connectivity index (χ1) is 19.7. The Balaban J connectivity index is 0.00000144. The summed E-state index contributed by atoms with van der Waals surface area (Å²) in [6.45, 7) is 7.97. The zero-order valence-electron chi connectivity index (χ0n) is 24.0. The largest absolute Gasteiger partial charge is 0.481 e. The van der Waals surface area contributed by atoms with E-state index < -0.39 is 65.5 Å². The van der Waals surface area contributed by atoms with Crippen LogP contribution < -0.4 is 15.6 Å². The number of hydrogen-bond acceptors (Lipinski definition) is 6. The van der Waals surface area contributed by atoms with Crippen molar-refractivity contribution < 1.29 is 37.4 Å². The number of nitrogens with zero attached hydrogens (tertiary/aromatic N) is 2. The first-order valence-electron chi connectivity index (χ1n) is 13.1. The van der Waals surface area contributed by atoms with E-state index in [4.69, 9.17) is 14.6 Å². The highest BCUT2D eigenvalue weighted by Crippen LogP contribution is 2.26. The van der Waals surface area contributed by atoms with Crippen LogP contribution in [-0.4, -0.2) is 45.7 Å². The van der Waals surface area contributed by atoms with Crippen molar-refractivity contribution in [1.82, 2.24) is 15.1 Å². The number of ether oxygens (including phenoxy) is 1. The molecule has 0 radical (unpaired) electrons. The van der Waals surface area contributed by atoms with Crippen LogP contribution in [0.25, 0.3) is 0 Å². The fourth-order valence-electron chi connectivity index (χ4n) is 4.10. The van der Waals surface area contributed by atoms with Gasteiger partial charge in [-0.2, -0.15) is 9.49 Å². The molecular weight excluding hydrogens is 555 g/mol. The highest BCUT2D eigenvalue weighted by Gasteiger charge is 2.24. The van der Waals surface area contributed by atoms with Crippen molar-refractivity contribution in [2.45, 2.75) is 58.9 Å². The molecule has 1 heterocycles. The highest BCUT2D eigenvalue weighted by atomic mass is 19.2. The summed E-state index contributed by atoms with van der Waals surface area (Å²) in [5.74, 6) is -8.02. The average molecular weight is 590 g/mol. The Morgan fingerprint density at radius 3 is 2.29 bits per heavy atom. The van der Waals surface area contributed by atoms with Crippen molar-refractivity contribution in [2.24, 2.45) is 0 Å². The SMILES string of the molecule is CC(=O)O.CC[C@@H](C(=O)NCC(=O)COc1c(F)ccc(F)c1F)c1ccnn(Cc2ccccc2C(C)(C)C)c1=O. The van der Waals surface area contributed by atoms with Gasteiger partial charge in [-0.3, -0.25) is 19.2 Å². The Kier molecular flexibility index (Phi) is 12.0. The lowest BCUT2D eigenvalue weighted by molar-refractivity contribution is -0.134. The number of Topliss-reactive ketones (excluding diaryl/α,β-unsaturated/α-hetero) is 1. The molecular formula is C30H34F3N3O6. The van der Waals surface area contributed by atoms with Crippen LogP contribution in [0.15, 0.2) is 53.5 Å². The van der Waals surface area contributed by atoms with E-state index in [-0.39, 0.29) is 23.9 Å². The van der Waals surface area contributed by atoms with E-state index in [2.05, 4.69) is 31.2 Å². The zero-order chi connectivity index (χ0) is 31.6. The van der Waals surface area contributed by atoms with Crippen molar-refractivity contribution in [3.63, 3.8) is 0 Å². The van der Waals surface area contributed by atoms with E-state index in [1.807, 2.05) is 24.3 Å². The lowest BCUT2D eigenvalue weighted by Crippen LogP contribution is -2.38. The van der Waals surface area contributed by atoms with E-state index >= 15 is 0 Å². The second-order valence-corrected chi connectivity index (χ2v) is 10.4. The molecule has 0 aliphatic carbocycles. The first kappa shape index (κ1) is 33.7. The Morgan fingerprint density at radius 2 is 1.67 bits per heavy atom. The van der Waals surface area contributed by atoms with E-state index in [1.165, 1.54) is 16.9 Å². The number of carbonyl (C=O) groups is 3. The van der Waals surface area contributed by atoms with Gasteiger partial charge in [-0.1, -0.05) is 52.0 Å². The number of nitrogens with one attached hydrogen (secondary N) is 1. The molecule has 0 spiro atoms. The number of hydrogen-bond donors (Lipinski definition) is 2. The van der Waals surface area contributed by atoms with E-state index in [1.54, 1.807) is 6.92 Å². The highest BCUT2D eigenvalue weighted by molar-refractivity contribution is 5.89. The summed E-state index contributed by atoms with van der Waals surface area (Å²) in [6.07, 6.45) is 1.72. The van der Waals surface area contributed by atoms with E-state index in [0.29, 0.717) is 12.1 Å². The molecule has 9 nitrogen and oxygen atoms in total. The normalized spacial score (nSPS) is 11.6. The molecule has 42 heavy (non-hydrogen) atoms. The van der Waals surface area contributed by atoms with Crippen LogP contribution in [0.4, 0.5) is 13.2 Å². The maximum Gasteiger partial charge on any atom is 0.300 e. The van der Waals surface area contributed by atoms with Crippen molar-refractivity contribution in [3.8, 4) is 5.75 Å². The molecule has 0 saturated carbocycles. The molecule has 0 unspecified atom stereocenters. The summed E-state index contributed by atoms with van der Waals surface area (Å²) >= 11 is 0. The molecule has 3 aromatic rings. The molecule has 0 fully saturated rings. The third kappa shape index (κ3) is 9.28. The van der Waals surface area contributed by atoms with Gasteiger partial charge < -0.3 is 15.2 Å². The molecule has 0 saturated heterocycles. The van der Waals surface area contributed by atoms with E-state index in [9.17, 15) is 27.6 Å². The van der Waals surface area contributed by atoms with Crippen LogP contribution in [0.2, 0.25) is 0 Å². The van der Waals surface area contributed by atoms with Gasteiger partial charge in [-0.15, -0.1) is 0 Å². The first-order valence-corrected chi connectivity index (χ1v) is 13.1. The second-order valence-electron chi connectivity index (χ2n) is 10.4. The van der Waals surface area contributed by atoms with Crippen molar-refractivity contribution >= 4 is 17.7 Å². The molecule has 0 aliphatic rings. The Hall–Kier alpha value is -4.48. The van der Waals surface area contributed by atoms with Gasteiger partial charge in [0.15, 0.2) is 23.2 Å². The summed E-state index contributed by atoms with van der Waals surface area (Å²) in [6, 6.07) is 10.5. The predicted molar refractivity (Wildman–Crippen MR) is 149 cm³/mol. The number of carboxylic acid groups (broad SMARTS) is 1. The fourth-order valence-corrected chi connectivity index (χ4v) is 4.10. The number of aliphatic carboxylic acids is 1. The second kappa shape index (κ2) is 14.9. The van der Waals surface area contributed by atoms with Crippen molar-refractivity contribution in [2.75, 3.05) is 13.2 Å². The lowest BCUT2D eigenvalue weighted by Gasteiger charge is -2.23. The van der Waals surface area contributed by atoms with Gasteiger partial charge in [0.1, 0.15) is 6.61 Å². The number of carboxylic acids is 1. The molecule has 0 bridgehead atoms. The van der Waals surface area contributed by atoms with Gasteiger partial charge in [0.25, 0.3) is 11.5 Å². The lowest BCUT2D eigenvalue weighted by atomic mass is 9.84. The molecule has 12 heteroatoms. The van der Waals surface area contributed by atoms with Crippen LogP contribution >= 0.6 is 0 Å². The van der Waals surface area contributed by atoms with Gasteiger partial charge >= 0.3 is 0 Å². The van der Waals surface area contributed by atoms with Crippen LogP contribution in [0, 0.1) is 17.5 Å². The third-order valence-electron chi connectivity index (χ3n) is 6.03. The summed E-state index contributed by atoms with van der Waals surface area (Å²) in [7, 11) is 0. The number of amides is 1. The van der Waals surface area contributed by atoms with Gasteiger partial charge in [-0.25, -0.2) is 13.5 Å². The summed E-state index contributed by atoms with van der Waals surface area (Å²) in [4.78, 5) is 47.3. The van der Waals surface area contributed by atoms with Gasteiger partial charge in [-0.05, 0) is 41.2 Å². The molecule has 2 N–H and O–H groups in total. The Bertz CT molecular complexity index is 1480. The summed E-state index contributed by atoms with van der Waals surface area (Å²) in [5.41, 5.74) is 1.65. The zero-order valence-corrected chi connectivity index (χ0v) is 24.0. The maximum atomic E-state index is 13.7. The molecule has 0 aliphatic heterocycles. The van der Waals surface area contributed by atoms with E-state index in [0.717, 1.165) is 18.1 Å². The quantitative estimate of drug-likeness (QED) is 0.337. The van der Waals surface area contributed by atoms with Gasteiger partial charge in [0.2, 0.25) is 11.7 Å². The minimum Gasteiger partial charge on any atom is -0.481 e. The minimum absolute atomic E-state index is 0.147. The van der Waals surface area contributed by atoms with Crippen LogP contribution in [0.3, 0.4) is 0 Å². The number of rotatable bonds is 10. The predicted octanol–water partition coefficient (Wildman–Crippen LogP) is 4.36. The van der Waals surface area contributed by atoms with Crippen LogP contribution in [0.1, 0.15) is 63.6 Å². The molecule has 226 valence electrons. The number of ketones is 1. The summed E-state index contributed by atoms with van der Waals surface area (Å²) < 4.78 is 46.7. The minimum atomic E-state index is -1.55. The Morgan fingerprint density at radius 1 is 1.05 bits per heavy atom. The number of aromatic nitrogens is 2. The standard InChI is InChI=1S/C28H30F3N3O4.C2H4O2/c1-5-19(26(36)32-14-18(35)16-38-25-23(30)11-10-22(29)24(25)31)20-12-13-33-34(27(20)37)15-17-8-6-7-9-21(17)28(2,3)4;1-2(3)4/h6-13,19H,5,14-16H2,1-4H3,(H,32,36);1H3,(H,3,4)/t19-;/m1./s1. The maximum absolute atomic E-state index is 13.7. The van der Waals surface area contributed by atoms with Gasteiger partial charge in [0, 0.05) is 18.7 Å². The fraction of sp³-hybridized carbons (Fsp3) is 0.367. The smallest absolute Gasteiger partial charge is 0.300 e. The van der Waals surface area contributed by atoms with Gasteiger partial charge in [0.05, 0.1) is 19.0 Å². The van der Waals surface area contributed by atoms with Crippen molar-refractivity contribution in [1.29, 1.82) is 0 Å². The number of halogens is 3. The van der Waals surface area contributed by atoms with Crippen LogP contribution in [-0.2, 0) is 26.3 Å². The number of carbonyl (C=O) groups excluding carboxylic acids is 2. The van der Waals surface area contributed by atoms with Crippen molar-refractivity contribution in [3.05, 3.63) is 93.2 Å².